The van der Waals surface area contributed by atoms with Crippen LogP contribution >= 0.6 is 0 Å². The highest BCUT2D eigenvalue weighted by Crippen LogP contribution is 2.77. The fraction of sp³-hybridized carbons (Fsp3) is 0.917. The monoisotopic (exact) mass is 617 g/mol. The number of rotatable bonds is 5. The van der Waals surface area contributed by atoms with Gasteiger partial charge in [-0.3, -0.25) is 4.79 Å². The Kier molecular flexibility index (Phi) is 8.03. The number of hydrogen-bond donors (Lipinski definition) is 5. The van der Waals surface area contributed by atoms with Gasteiger partial charge in [-0.2, -0.15) is 0 Å². The lowest BCUT2D eigenvalue weighted by atomic mass is 9.32. The Balaban J connectivity index is 1.27. The zero-order valence-electron chi connectivity index (χ0n) is 27.9. The summed E-state index contributed by atoms with van der Waals surface area (Å²) >= 11 is 0. The highest BCUT2D eigenvalue weighted by atomic mass is 16.7. The van der Waals surface area contributed by atoms with Gasteiger partial charge in [0.25, 0.3) is 0 Å². The average molecular weight is 618 g/mol. The zero-order valence-corrected chi connectivity index (χ0v) is 27.9. The topological polar surface area (TPSA) is 142 Å². The SMILES string of the molecule is C=C(C)[C@@H]1CC[C@]2(C(N)=O)CC[C@]3(C)[C@H](CC[C@@H]4[C@@]5(C)CC[C@H](O[C@@H]6O[C@H](CO)[C@@H](O)[C@H](O)[C@H]6O)C(C)(C)[C@@H]5CC[C@]43C)[C@@H]12. The average Bonchev–Trinajstić information content (AvgIpc) is 3.36. The van der Waals surface area contributed by atoms with Crippen LogP contribution in [-0.4, -0.2) is 69.8 Å². The van der Waals surface area contributed by atoms with E-state index in [1.807, 2.05) is 0 Å². The molecule has 8 heteroatoms. The van der Waals surface area contributed by atoms with E-state index in [0.717, 1.165) is 64.2 Å². The van der Waals surface area contributed by atoms with Crippen molar-refractivity contribution in [1.82, 2.24) is 0 Å². The quantitative estimate of drug-likeness (QED) is 0.229. The Labute approximate surface area is 264 Å². The molecule has 0 unspecified atom stereocenters. The third-order valence-corrected chi connectivity index (χ3v) is 15.6. The number of fused-ring (bicyclic) bond motifs is 7. The largest absolute Gasteiger partial charge is 0.394 e. The molecule has 6 fully saturated rings. The highest BCUT2D eigenvalue weighted by molar-refractivity contribution is 5.82. The first-order chi connectivity index (χ1) is 20.5. The second kappa shape index (κ2) is 10.7. The van der Waals surface area contributed by atoms with Crippen LogP contribution in [-0.2, 0) is 14.3 Å². The van der Waals surface area contributed by atoms with Crippen molar-refractivity contribution in [2.24, 2.45) is 62.4 Å². The molecule has 1 aliphatic heterocycles. The molecule has 0 radical (unpaired) electrons. The maximum Gasteiger partial charge on any atom is 0.223 e. The normalized spacial score (nSPS) is 54.8. The number of hydrogen-bond acceptors (Lipinski definition) is 7. The Hall–Kier alpha value is -1.03. The van der Waals surface area contributed by atoms with E-state index in [4.69, 9.17) is 15.2 Å². The summed E-state index contributed by atoms with van der Waals surface area (Å²) in [5, 5.41) is 41.1. The summed E-state index contributed by atoms with van der Waals surface area (Å²) in [5.74, 6) is 1.99. The van der Waals surface area contributed by atoms with Crippen LogP contribution in [0.4, 0.5) is 0 Å². The lowest BCUT2D eigenvalue weighted by molar-refractivity contribution is -0.331. The molecule has 0 aromatic rings. The van der Waals surface area contributed by atoms with E-state index >= 15 is 0 Å². The van der Waals surface area contributed by atoms with Gasteiger partial charge in [-0.25, -0.2) is 0 Å². The molecule has 8 nitrogen and oxygen atoms in total. The molecule has 1 saturated heterocycles. The molecule has 0 bridgehead atoms. The maximum absolute atomic E-state index is 13.2. The van der Waals surface area contributed by atoms with Crippen molar-refractivity contribution in [3.8, 4) is 0 Å². The lowest BCUT2D eigenvalue weighted by Gasteiger charge is -2.73. The predicted octanol–water partition coefficient (Wildman–Crippen LogP) is 4.31. The Morgan fingerprint density at radius 2 is 1.57 bits per heavy atom. The molecular formula is C36H59NO7. The van der Waals surface area contributed by atoms with Crippen LogP contribution in [0.3, 0.4) is 0 Å². The fourth-order valence-corrected chi connectivity index (χ4v) is 13.1. The number of carbonyl (C=O) groups is 1. The number of carbonyl (C=O) groups excluding carboxylic acids is 1. The van der Waals surface area contributed by atoms with Crippen molar-refractivity contribution in [3.05, 3.63) is 12.2 Å². The number of allylic oxidation sites excluding steroid dienone is 1. The van der Waals surface area contributed by atoms with Gasteiger partial charge in [0.2, 0.25) is 5.91 Å². The first kappa shape index (κ1) is 32.9. The van der Waals surface area contributed by atoms with Crippen molar-refractivity contribution in [2.75, 3.05) is 6.61 Å². The summed E-state index contributed by atoms with van der Waals surface area (Å²) in [4.78, 5) is 13.2. The molecule has 0 spiro atoms. The van der Waals surface area contributed by atoms with Gasteiger partial charge < -0.3 is 35.6 Å². The van der Waals surface area contributed by atoms with Gasteiger partial charge in [0.05, 0.1) is 18.1 Å². The number of amides is 1. The molecule has 250 valence electrons. The van der Waals surface area contributed by atoms with Crippen LogP contribution in [0.5, 0.6) is 0 Å². The molecule has 5 saturated carbocycles. The van der Waals surface area contributed by atoms with Crippen molar-refractivity contribution in [2.45, 2.75) is 143 Å². The Morgan fingerprint density at radius 1 is 0.864 bits per heavy atom. The van der Waals surface area contributed by atoms with E-state index < -0.39 is 37.3 Å². The van der Waals surface area contributed by atoms with Crippen LogP contribution in [0.2, 0.25) is 0 Å². The first-order valence-electron chi connectivity index (χ1n) is 17.4. The van der Waals surface area contributed by atoms with Crippen LogP contribution in [0.25, 0.3) is 0 Å². The molecule has 6 aliphatic rings. The minimum Gasteiger partial charge on any atom is -0.394 e. The summed E-state index contributed by atoms with van der Waals surface area (Å²) in [5.41, 5.74) is 7.24. The van der Waals surface area contributed by atoms with Crippen LogP contribution in [0.15, 0.2) is 12.2 Å². The summed E-state index contributed by atoms with van der Waals surface area (Å²) in [6.07, 6.45) is 3.71. The third-order valence-electron chi connectivity index (χ3n) is 15.6. The van der Waals surface area contributed by atoms with E-state index in [1.54, 1.807) is 0 Å². The van der Waals surface area contributed by atoms with Crippen LogP contribution in [0.1, 0.15) is 106 Å². The molecule has 1 heterocycles. The molecular weight excluding hydrogens is 558 g/mol. The number of nitrogens with two attached hydrogens (primary N) is 1. The second-order valence-electron chi connectivity index (χ2n) is 17.4. The third kappa shape index (κ3) is 4.26. The molecule has 15 atom stereocenters. The number of aliphatic hydroxyl groups is 4. The van der Waals surface area contributed by atoms with Gasteiger partial charge in [-0.15, -0.1) is 0 Å². The summed E-state index contributed by atoms with van der Waals surface area (Å²) < 4.78 is 12.3. The highest BCUT2D eigenvalue weighted by Gasteiger charge is 2.72. The van der Waals surface area contributed by atoms with E-state index in [1.165, 1.54) is 5.57 Å². The van der Waals surface area contributed by atoms with Gasteiger partial charge in [0.1, 0.15) is 24.4 Å². The van der Waals surface area contributed by atoms with Crippen LogP contribution in [0, 0.1) is 56.7 Å². The van der Waals surface area contributed by atoms with Gasteiger partial charge in [0.15, 0.2) is 6.29 Å². The van der Waals surface area contributed by atoms with Gasteiger partial charge in [-0.1, -0.05) is 46.8 Å². The zero-order chi connectivity index (χ0) is 32.2. The van der Waals surface area contributed by atoms with Crippen molar-refractivity contribution >= 4 is 5.91 Å². The molecule has 0 aromatic carbocycles. The standard InChI is InChI=1S/C36H59NO7/c1-19(2)20-10-15-36(31(37)42)17-16-34(6)21(26(20)36)8-9-24-33(5)13-12-25(32(3,4)23(33)11-14-35(24,34)7)44-30-29(41)28(40)27(39)22(18-38)43-30/h20-30,38-41H,1,8-18H2,2-7H3,(H2,37,42)/t20-,21+,22+,23-,24+,25-,26+,27+,28-,29+,30-,33-,34+,35+,36-/m0/s1. The lowest BCUT2D eigenvalue weighted by Crippen LogP contribution is -2.67. The maximum atomic E-state index is 13.2. The summed E-state index contributed by atoms with van der Waals surface area (Å²) in [6.45, 7) is 18.3. The minimum absolute atomic E-state index is 0.0873. The van der Waals surface area contributed by atoms with Crippen molar-refractivity contribution in [1.29, 1.82) is 0 Å². The number of ether oxygens (including phenoxy) is 2. The summed E-state index contributed by atoms with van der Waals surface area (Å²) in [6, 6.07) is 0. The molecule has 1 amide bonds. The number of primary amides is 1. The van der Waals surface area contributed by atoms with Crippen molar-refractivity contribution in [3.63, 3.8) is 0 Å². The molecule has 6 rings (SSSR count). The van der Waals surface area contributed by atoms with Gasteiger partial charge >= 0.3 is 0 Å². The van der Waals surface area contributed by atoms with E-state index in [-0.39, 0.29) is 39.1 Å². The minimum atomic E-state index is -1.44. The predicted molar refractivity (Wildman–Crippen MR) is 167 cm³/mol. The molecule has 6 N–H and O–H groups in total. The van der Waals surface area contributed by atoms with Gasteiger partial charge in [-0.05, 0) is 122 Å². The van der Waals surface area contributed by atoms with E-state index in [2.05, 4.69) is 48.1 Å². The van der Waals surface area contributed by atoms with E-state index in [0.29, 0.717) is 29.6 Å². The second-order valence-corrected chi connectivity index (χ2v) is 17.4. The molecule has 5 aliphatic carbocycles. The smallest absolute Gasteiger partial charge is 0.223 e. The summed E-state index contributed by atoms with van der Waals surface area (Å²) in [7, 11) is 0. The molecule has 0 aromatic heterocycles. The molecule has 44 heavy (non-hydrogen) atoms. The van der Waals surface area contributed by atoms with E-state index in [9.17, 15) is 25.2 Å². The van der Waals surface area contributed by atoms with Gasteiger partial charge in [0, 0.05) is 0 Å². The van der Waals surface area contributed by atoms with Crippen molar-refractivity contribution < 1.29 is 34.7 Å². The first-order valence-corrected chi connectivity index (χ1v) is 17.4. The Morgan fingerprint density at radius 3 is 2.20 bits per heavy atom. The van der Waals surface area contributed by atoms with Crippen LogP contribution < -0.4 is 5.73 Å². The number of aliphatic hydroxyl groups excluding tert-OH is 4. The fourth-order valence-electron chi connectivity index (χ4n) is 13.1. The Bertz CT molecular complexity index is 1160.